The lowest BCUT2D eigenvalue weighted by atomic mass is 9.82. The Balaban J connectivity index is 0.00000289. The number of nitrogens with one attached hydrogen (secondary N) is 2. The lowest BCUT2D eigenvalue weighted by Crippen LogP contribution is -2.49. The lowest BCUT2D eigenvalue weighted by molar-refractivity contribution is -0.131. The van der Waals surface area contributed by atoms with Crippen molar-refractivity contribution in [2.75, 3.05) is 46.6 Å². The number of hydrogen-bond donors (Lipinski definition) is 2. The number of methoxy groups -OCH3 is 1. The molecule has 0 aromatic rings. The number of halogens is 1. The molecule has 0 saturated carbocycles. The molecule has 1 aliphatic rings. The van der Waals surface area contributed by atoms with E-state index in [1.165, 1.54) is 0 Å². The van der Waals surface area contributed by atoms with Crippen molar-refractivity contribution in [3.05, 3.63) is 0 Å². The topological polar surface area (TPSA) is 59.6 Å². The maximum Gasteiger partial charge on any atom is 0.227 e. The van der Waals surface area contributed by atoms with Crippen LogP contribution < -0.4 is 10.6 Å². The third-order valence-electron chi connectivity index (χ3n) is 3.11. The van der Waals surface area contributed by atoms with Gasteiger partial charge >= 0.3 is 0 Å². The Kier molecular flexibility index (Phi) is 9.36. The molecule has 0 spiro atoms. The van der Waals surface area contributed by atoms with Crippen LogP contribution >= 0.6 is 12.4 Å². The summed E-state index contributed by atoms with van der Waals surface area (Å²) >= 11 is 0. The summed E-state index contributed by atoms with van der Waals surface area (Å²) in [6.45, 7) is 6.07. The predicted octanol–water partition coefficient (Wildman–Crippen LogP) is 0.577. The van der Waals surface area contributed by atoms with Crippen LogP contribution in [-0.4, -0.2) is 52.5 Å². The van der Waals surface area contributed by atoms with E-state index in [-0.39, 0.29) is 23.7 Å². The van der Waals surface area contributed by atoms with Crippen LogP contribution in [0.1, 0.15) is 19.8 Å². The Bertz CT molecular complexity index is 233. The number of hydrogen-bond acceptors (Lipinski definition) is 4. The summed E-state index contributed by atoms with van der Waals surface area (Å²) in [5.41, 5.74) is -0.259. The van der Waals surface area contributed by atoms with E-state index < -0.39 is 0 Å². The molecule has 0 aliphatic carbocycles. The first-order chi connectivity index (χ1) is 8.19. The molecule has 2 N–H and O–H groups in total. The maximum absolute atomic E-state index is 12.0. The summed E-state index contributed by atoms with van der Waals surface area (Å²) in [5, 5.41) is 6.19. The van der Waals surface area contributed by atoms with Crippen LogP contribution in [0.5, 0.6) is 0 Å². The molecule has 0 bridgehead atoms. The Hall–Kier alpha value is -0.360. The molecule has 1 saturated heterocycles. The molecule has 1 heterocycles. The first-order valence-corrected chi connectivity index (χ1v) is 6.25. The molecule has 1 aliphatic heterocycles. The third kappa shape index (κ3) is 6.00. The van der Waals surface area contributed by atoms with Gasteiger partial charge in [-0.3, -0.25) is 4.79 Å². The van der Waals surface area contributed by atoms with Crippen LogP contribution in [0, 0.1) is 5.41 Å². The van der Waals surface area contributed by atoms with Gasteiger partial charge in [0.25, 0.3) is 0 Å². The van der Waals surface area contributed by atoms with E-state index in [9.17, 15) is 4.79 Å². The van der Waals surface area contributed by atoms with Crippen molar-refractivity contribution in [1.82, 2.24) is 10.6 Å². The van der Waals surface area contributed by atoms with Gasteiger partial charge in [0.2, 0.25) is 5.91 Å². The minimum atomic E-state index is -0.259. The van der Waals surface area contributed by atoms with E-state index in [0.29, 0.717) is 26.4 Å². The maximum atomic E-state index is 12.0. The number of carbonyl (C=O) groups excluding carboxylic acids is 1. The van der Waals surface area contributed by atoms with Crippen molar-refractivity contribution in [1.29, 1.82) is 0 Å². The van der Waals surface area contributed by atoms with Crippen molar-refractivity contribution < 1.29 is 14.3 Å². The van der Waals surface area contributed by atoms with E-state index in [1.54, 1.807) is 7.11 Å². The van der Waals surface area contributed by atoms with Gasteiger partial charge in [0.1, 0.15) is 0 Å². The van der Waals surface area contributed by atoms with E-state index in [1.807, 2.05) is 6.92 Å². The standard InChI is InChI=1S/C12H24N2O3.ClH/c1-12(4-3-5-13-10-12)11(15)14-6-7-17-9-8-16-2;/h13H,3-10H2,1-2H3,(H,14,15);1H. The van der Waals surface area contributed by atoms with Crippen LogP contribution in [0.15, 0.2) is 0 Å². The summed E-state index contributed by atoms with van der Waals surface area (Å²) in [5.74, 6) is 0.125. The van der Waals surface area contributed by atoms with Crippen LogP contribution in [0.2, 0.25) is 0 Å². The van der Waals surface area contributed by atoms with Crippen LogP contribution in [0.25, 0.3) is 0 Å². The van der Waals surface area contributed by atoms with Crippen molar-refractivity contribution >= 4 is 18.3 Å². The predicted molar refractivity (Wildman–Crippen MR) is 73.2 cm³/mol. The van der Waals surface area contributed by atoms with Gasteiger partial charge in [-0.25, -0.2) is 0 Å². The molecule has 1 amide bonds. The first kappa shape index (κ1) is 17.6. The fourth-order valence-electron chi connectivity index (χ4n) is 1.94. The number of rotatable bonds is 7. The zero-order valence-corrected chi connectivity index (χ0v) is 12.1. The smallest absolute Gasteiger partial charge is 0.227 e. The van der Waals surface area contributed by atoms with Gasteiger partial charge in [-0.2, -0.15) is 0 Å². The molecule has 1 atom stereocenters. The largest absolute Gasteiger partial charge is 0.382 e. The van der Waals surface area contributed by atoms with Crippen LogP contribution in [-0.2, 0) is 14.3 Å². The highest BCUT2D eigenvalue weighted by Gasteiger charge is 2.34. The highest BCUT2D eigenvalue weighted by atomic mass is 35.5. The molecule has 1 fully saturated rings. The molecule has 0 radical (unpaired) electrons. The number of amides is 1. The second kappa shape index (κ2) is 9.55. The molecule has 6 heteroatoms. The lowest BCUT2D eigenvalue weighted by Gasteiger charge is -2.32. The SMILES string of the molecule is COCCOCCNC(=O)C1(C)CCCNC1.Cl. The molecular formula is C12H25ClN2O3. The third-order valence-corrected chi connectivity index (χ3v) is 3.11. The fourth-order valence-corrected chi connectivity index (χ4v) is 1.94. The van der Waals surface area contributed by atoms with E-state index in [2.05, 4.69) is 10.6 Å². The van der Waals surface area contributed by atoms with Crippen molar-refractivity contribution in [3.8, 4) is 0 Å². The molecular weight excluding hydrogens is 256 g/mol. The van der Waals surface area contributed by atoms with Gasteiger partial charge in [-0.05, 0) is 26.3 Å². The van der Waals surface area contributed by atoms with E-state index in [4.69, 9.17) is 9.47 Å². The fraction of sp³-hybridized carbons (Fsp3) is 0.917. The Labute approximate surface area is 115 Å². The van der Waals surface area contributed by atoms with Gasteiger partial charge < -0.3 is 20.1 Å². The molecule has 108 valence electrons. The van der Waals surface area contributed by atoms with Gasteiger partial charge in [0, 0.05) is 20.2 Å². The van der Waals surface area contributed by atoms with Crippen molar-refractivity contribution in [2.45, 2.75) is 19.8 Å². The van der Waals surface area contributed by atoms with E-state index in [0.717, 1.165) is 25.9 Å². The van der Waals surface area contributed by atoms with Gasteiger partial charge in [-0.1, -0.05) is 0 Å². The Morgan fingerprint density at radius 2 is 2.17 bits per heavy atom. The van der Waals surface area contributed by atoms with Crippen molar-refractivity contribution in [2.24, 2.45) is 5.41 Å². The minimum absolute atomic E-state index is 0. The van der Waals surface area contributed by atoms with Gasteiger partial charge in [0.15, 0.2) is 0 Å². The average molecular weight is 281 g/mol. The van der Waals surface area contributed by atoms with Crippen LogP contribution in [0.3, 0.4) is 0 Å². The number of carbonyl (C=O) groups is 1. The molecule has 1 unspecified atom stereocenters. The summed E-state index contributed by atoms with van der Waals surface area (Å²) in [6, 6.07) is 0. The molecule has 5 nitrogen and oxygen atoms in total. The zero-order valence-electron chi connectivity index (χ0n) is 11.3. The van der Waals surface area contributed by atoms with Gasteiger partial charge in [-0.15, -0.1) is 12.4 Å². The zero-order chi connectivity index (χ0) is 12.6. The first-order valence-electron chi connectivity index (χ1n) is 6.25. The van der Waals surface area contributed by atoms with Gasteiger partial charge in [0.05, 0.1) is 25.2 Å². The minimum Gasteiger partial charge on any atom is -0.382 e. The second-order valence-electron chi connectivity index (χ2n) is 4.70. The highest BCUT2D eigenvalue weighted by Crippen LogP contribution is 2.25. The number of ether oxygens (including phenoxy) is 2. The normalized spacial score (nSPS) is 23.2. The summed E-state index contributed by atoms with van der Waals surface area (Å²) < 4.78 is 10.1. The van der Waals surface area contributed by atoms with Crippen molar-refractivity contribution in [3.63, 3.8) is 0 Å². The average Bonchev–Trinajstić information content (AvgIpc) is 2.34. The summed E-state index contributed by atoms with van der Waals surface area (Å²) in [4.78, 5) is 12.0. The Morgan fingerprint density at radius 1 is 1.39 bits per heavy atom. The summed E-state index contributed by atoms with van der Waals surface area (Å²) in [7, 11) is 1.64. The quantitative estimate of drug-likeness (QED) is 0.670. The molecule has 18 heavy (non-hydrogen) atoms. The van der Waals surface area contributed by atoms with E-state index >= 15 is 0 Å². The molecule has 0 aromatic carbocycles. The monoisotopic (exact) mass is 280 g/mol. The Morgan fingerprint density at radius 3 is 2.78 bits per heavy atom. The summed E-state index contributed by atoms with van der Waals surface area (Å²) in [6.07, 6.45) is 2.02. The highest BCUT2D eigenvalue weighted by molar-refractivity contribution is 5.85. The van der Waals surface area contributed by atoms with Crippen LogP contribution in [0.4, 0.5) is 0 Å². The molecule has 0 aromatic heterocycles. The molecule has 1 rings (SSSR count). The second-order valence-corrected chi connectivity index (χ2v) is 4.70. The number of piperidine rings is 1.